The molecule has 0 saturated carbocycles. The van der Waals surface area contributed by atoms with Gasteiger partial charge in [-0.15, -0.1) is 0 Å². The van der Waals surface area contributed by atoms with E-state index in [2.05, 4.69) is 32.7 Å². The number of likely N-dealkylation sites (N-methyl/N-ethyl adjacent to an activating group) is 1. The van der Waals surface area contributed by atoms with E-state index < -0.39 is 0 Å². The number of hydrogen-bond acceptors (Lipinski definition) is 7. The molecule has 0 unspecified atom stereocenters. The fourth-order valence-corrected chi connectivity index (χ4v) is 4.15. The second kappa shape index (κ2) is 11.7. The topological polar surface area (TPSA) is 82.6 Å². The Bertz CT molecular complexity index is 1110. The van der Waals surface area contributed by atoms with E-state index in [-0.39, 0.29) is 12.0 Å². The quantitative estimate of drug-likeness (QED) is 0.463. The lowest BCUT2D eigenvalue weighted by atomic mass is 10.1. The number of nitrogens with one attached hydrogen (secondary N) is 2. The summed E-state index contributed by atoms with van der Waals surface area (Å²) >= 11 is 0. The SMILES string of the molecule is CCNc1ncc2c(n1)N(C)CCN(Cc1ccc(O[C@@H](CCNC)c3ccccc3)cc1)C2=O. The molecule has 8 nitrogen and oxygen atoms in total. The van der Waals surface area contributed by atoms with Gasteiger partial charge in [-0.05, 0) is 43.8 Å². The number of benzene rings is 2. The number of aromatic nitrogens is 2. The summed E-state index contributed by atoms with van der Waals surface area (Å²) in [7, 11) is 3.91. The van der Waals surface area contributed by atoms with Gasteiger partial charge in [-0.1, -0.05) is 42.5 Å². The molecule has 0 spiro atoms. The number of hydrogen-bond donors (Lipinski definition) is 2. The largest absolute Gasteiger partial charge is 0.486 e. The van der Waals surface area contributed by atoms with E-state index >= 15 is 0 Å². The molecular formula is C27H34N6O2. The molecule has 0 aliphatic carbocycles. The van der Waals surface area contributed by atoms with Crippen molar-refractivity contribution in [2.75, 3.05) is 50.5 Å². The van der Waals surface area contributed by atoms with Gasteiger partial charge in [0, 0.05) is 45.8 Å². The lowest BCUT2D eigenvalue weighted by Gasteiger charge is -2.22. The zero-order valence-corrected chi connectivity index (χ0v) is 20.7. The van der Waals surface area contributed by atoms with Crippen LogP contribution in [0.15, 0.2) is 60.8 Å². The molecule has 1 aromatic heterocycles. The van der Waals surface area contributed by atoms with E-state index in [0.717, 1.165) is 36.4 Å². The highest BCUT2D eigenvalue weighted by molar-refractivity contribution is 5.99. The van der Waals surface area contributed by atoms with Crippen molar-refractivity contribution in [3.63, 3.8) is 0 Å². The van der Waals surface area contributed by atoms with Gasteiger partial charge in [0.15, 0.2) is 0 Å². The normalized spacial score (nSPS) is 14.3. The summed E-state index contributed by atoms with van der Waals surface area (Å²) in [6.45, 7) is 5.41. The lowest BCUT2D eigenvalue weighted by molar-refractivity contribution is 0.0754. The fourth-order valence-electron chi connectivity index (χ4n) is 4.15. The molecular weight excluding hydrogens is 440 g/mol. The van der Waals surface area contributed by atoms with Gasteiger partial charge in [-0.25, -0.2) is 4.98 Å². The molecule has 2 aromatic carbocycles. The minimum absolute atomic E-state index is 0.0270. The molecule has 1 aliphatic heterocycles. The van der Waals surface area contributed by atoms with Gasteiger partial charge in [-0.3, -0.25) is 4.79 Å². The van der Waals surface area contributed by atoms with Gasteiger partial charge in [0.05, 0.1) is 0 Å². The van der Waals surface area contributed by atoms with Crippen molar-refractivity contribution in [1.29, 1.82) is 0 Å². The van der Waals surface area contributed by atoms with Crippen molar-refractivity contribution in [3.8, 4) is 5.75 Å². The minimum atomic E-state index is -0.0519. The lowest BCUT2D eigenvalue weighted by Crippen LogP contribution is -2.33. The summed E-state index contributed by atoms with van der Waals surface area (Å²) in [6.07, 6.45) is 2.47. The van der Waals surface area contributed by atoms with Crippen LogP contribution < -0.4 is 20.3 Å². The summed E-state index contributed by atoms with van der Waals surface area (Å²) in [5, 5.41) is 6.32. The molecule has 184 valence electrons. The fraction of sp³-hybridized carbons (Fsp3) is 0.370. The number of rotatable bonds is 10. The molecule has 2 heterocycles. The van der Waals surface area contributed by atoms with Gasteiger partial charge in [-0.2, -0.15) is 4.98 Å². The van der Waals surface area contributed by atoms with E-state index in [0.29, 0.717) is 37.0 Å². The third-order valence-electron chi connectivity index (χ3n) is 6.09. The number of carbonyl (C=O) groups is 1. The summed E-state index contributed by atoms with van der Waals surface area (Å²) in [5.74, 6) is 1.97. The van der Waals surface area contributed by atoms with E-state index in [9.17, 15) is 4.79 Å². The summed E-state index contributed by atoms with van der Waals surface area (Å²) in [6, 6.07) is 18.3. The van der Waals surface area contributed by atoms with E-state index in [1.807, 2.05) is 73.3 Å². The highest BCUT2D eigenvalue weighted by Crippen LogP contribution is 2.27. The monoisotopic (exact) mass is 474 g/mol. The van der Waals surface area contributed by atoms with Crippen LogP contribution in [0.3, 0.4) is 0 Å². The number of nitrogens with zero attached hydrogens (tertiary/aromatic N) is 4. The molecule has 2 N–H and O–H groups in total. The predicted molar refractivity (Wildman–Crippen MR) is 139 cm³/mol. The van der Waals surface area contributed by atoms with Crippen molar-refractivity contribution < 1.29 is 9.53 Å². The van der Waals surface area contributed by atoms with E-state index in [4.69, 9.17) is 4.74 Å². The van der Waals surface area contributed by atoms with Crippen LogP contribution in [-0.4, -0.2) is 61.0 Å². The zero-order valence-electron chi connectivity index (χ0n) is 20.7. The molecule has 1 aliphatic rings. The Morgan fingerprint density at radius 1 is 1.09 bits per heavy atom. The van der Waals surface area contributed by atoms with Crippen LogP contribution >= 0.6 is 0 Å². The van der Waals surface area contributed by atoms with Crippen LogP contribution in [0.2, 0.25) is 0 Å². The van der Waals surface area contributed by atoms with Gasteiger partial charge in [0.1, 0.15) is 23.2 Å². The molecule has 35 heavy (non-hydrogen) atoms. The second-order valence-electron chi connectivity index (χ2n) is 8.66. The van der Waals surface area contributed by atoms with Crippen molar-refractivity contribution in [2.24, 2.45) is 0 Å². The maximum absolute atomic E-state index is 13.3. The maximum Gasteiger partial charge on any atom is 0.259 e. The molecule has 8 heteroatoms. The van der Waals surface area contributed by atoms with E-state index in [1.165, 1.54) is 0 Å². The Kier molecular flexibility index (Phi) is 8.15. The van der Waals surface area contributed by atoms with Gasteiger partial charge < -0.3 is 25.2 Å². The molecule has 3 aromatic rings. The van der Waals surface area contributed by atoms with E-state index in [1.54, 1.807) is 6.20 Å². The van der Waals surface area contributed by atoms with Gasteiger partial charge >= 0.3 is 0 Å². The highest BCUT2D eigenvalue weighted by Gasteiger charge is 2.27. The molecule has 0 radical (unpaired) electrons. The maximum atomic E-state index is 13.3. The molecule has 1 amide bonds. The van der Waals surface area contributed by atoms with Crippen LogP contribution in [0.25, 0.3) is 0 Å². The molecule has 4 rings (SSSR count). The van der Waals surface area contributed by atoms with Crippen molar-refractivity contribution >= 4 is 17.7 Å². The van der Waals surface area contributed by atoms with Crippen LogP contribution in [0, 0.1) is 0 Å². The highest BCUT2D eigenvalue weighted by atomic mass is 16.5. The van der Waals surface area contributed by atoms with Crippen LogP contribution in [0.5, 0.6) is 5.75 Å². The Hall–Kier alpha value is -3.65. The van der Waals surface area contributed by atoms with Crippen molar-refractivity contribution in [1.82, 2.24) is 20.2 Å². The summed E-state index contributed by atoms with van der Waals surface area (Å²) < 4.78 is 6.33. The minimum Gasteiger partial charge on any atom is -0.486 e. The van der Waals surface area contributed by atoms with Crippen LogP contribution in [-0.2, 0) is 6.54 Å². The number of carbonyl (C=O) groups excluding carboxylic acids is 1. The smallest absolute Gasteiger partial charge is 0.259 e. The third kappa shape index (κ3) is 6.08. The number of fused-ring (bicyclic) bond motifs is 1. The zero-order chi connectivity index (χ0) is 24.6. The summed E-state index contributed by atoms with van der Waals surface area (Å²) in [5.41, 5.74) is 2.74. The van der Waals surface area contributed by atoms with Crippen LogP contribution in [0.1, 0.15) is 40.9 Å². The average molecular weight is 475 g/mol. The molecule has 0 bridgehead atoms. The van der Waals surface area contributed by atoms with Crippen LogP contribution in [0.4, 0.5) is 11.8 Å². The molecule has 1 atom stereocenters. The van der Waals surface area contributed by atoms with Gasteiger partial charge in [0.25, 0.3) is 5.91 Å². The predicted octanol–water partition coefficient (Wildman–Crippen LogP) is 3.73. The number of anilines is 2. The standard InChI is InChI=1S/C27H34N6O2/c1-4-29-27-30-18-23-25(31-27)32(3)16-17-33(26(23)34)19-20-10-12-22(13-11-20)35-24(14-15-28-2)21-8-6-5-7-9-21/h5-13,18,24,28H,4,14-17,19H2,1-3H3,(H,29,30,31)/t24-/m0/s1. The van der Waals surface area contributed by atoms with Crippen molar-refractivity contribution in [3.05, 3.63) is 77.5 Å². The first-order valence-electron chi connectivity index (χ1n) is 12.2. The Morgan fingerprint density at radius 2 is 1.86 bits per heavy atom. The Labute approximate surface area is 207 Å². The summed E-state index contributed by atoms with van der Waals surface area (Å²) in [4.78, 5) is 26.0. The molecule has 0 fully saturated rings. The van der Waals surface area contributed by atoms with Crippen molar-refractivity contribution in [2.45, 2.75) is 26.0 Å². The Balaban J connectivity index is 1.45. The van der Waals surface area contributed by atoms with Gasteiger partial charge in [0.2, 0.25) is 5.95 Å². The second-order valence-corrected chi connectivity index (χ2v) is 8.66. The number of ether oxygens (including phenoxy) is 1. The third-order valence-corrected chi connectivity index (χ3v) is 6.09. The number of amides is 1. The Morgan fingerprint density at radius 3 is 2.57 bits per heavy atom. The first kappa shape index (κ1) is 24.5. The first-order valence-corrected chi connectivity index (χ1v) is 12.2. The first-order chi connectivity index (χ1) is 17.1. The average Bonchev–Trinajstić information content (AvgIpc) is 3.00. The molecule has 0 saturated heterocycles.